The number of aliphatic hydroxyl groups is 3. The van der Waals surface area contributed by atoms with Crippen LogP contribution in [0.5, 0.6) is 0 Å². The number of hydrogen-bond donors (Lipinski definition) is 4. The van der Waals surface area contributed by atoms with Crippen LogP contribution in [0.3, 0.4) is 0 Å². The number of non-ortho nitro benzene ring substituents is 1. The minimum Gasteiger partial charge on any atom is -0.394 e. The summed E-state index contributed by atoms with van der Waals surface area (Å²) in [5, 5.41) is 44.0. The van der Waals surface area contributed by atoms with Gasteiger partial charge in [0.2, 0.25) is 5.95 Å². The van der Waals surface area contributed by atoms with Crippen molar-refractivity contribution in [2.75, 3.05) is 19.0 Å². The van der Waals surface area contributed by atoms with Crippen LogP contribution in [0.25, 0.3) is 11.2 Å². The van der Waals surface area contributed by atoms with Crippen molar-refractivity contribution in [1.82, 2.24) is 19.5 Å². The van der Waals surface area contributed by atoms with Crippen LogP contribution in [0, 0.1) is 10.1 Å². The van der Waals surface area contributed by atoms with Gasteiger partial charge in [0.05, 0.1) is 17.9 Å². The zero-order chi connectivity index (χ0) is 22.1. The SMILES string of the molecule is CNc1nc(SCc2ccc([N+](=O)[O-])cc2)c2ncn([C@@H]3O[C@H](CO)[C@@H](O)[C@H]3O)c2n1. The van der Waals surface area contributed by atoms with Crippen LogP contribution >= 0.6 is 11.8 Å². The second-order valence-corrected chi connectivity index (χ2v) is 7.83. The average molecular weight is 448 g/mol. The molecule has 4 N–H and O–H groups in total. The molecule has 13 heteroatoms. The fraction of sp³-hybridized carbons (Fsp3) is 0.389. The molecule has 1 fully saturated rings. The summed E-state index contributed by atoms with van der Waals surface area (Å²) >= 11 is 1.38. The van der Waals surface area contributed by atoms with Gasteiger partial charge in [0.25, 0.3) is 5.69 Å². The molecule has 4 atom stereocenters. The van der Waals surface area contributed by atoms with Crippen molar-refractivity contribution in [1.29, 1.82) is 0 Å². The highest BCUT2D eigenvalue weighted by Gasteiger charge is 2.44. The zero-order valence-corrected chi connectivity index (χ0v) is 17.1. The normalized spacial score (nSPS) is 23.4. The lowest BCUT2D eigenvalue weighted by Crippen LogP contribution is -2.33. The van der Waals surface area contributed by atoms with Crippen LogP contribution in [0.2, 0.25) is 0 Å². The number of benzene rings is 1. The van der Waals surface area contributed by atoms with Crippen molar-refractivity contribution < 1.29 is 25.0 Å². The molecule has 0 unspecified atom stereocenters. The summed E-state index contributed by atoms with van der Waals surface area (Å²) in [6, 6.07) is 6.25. The Labute approximate surface area is 180 Å². The van der Waals surface area contributed by atoms with E-state index in [9.17, 15) is 25.4 Å². The third-order valence-corrected chi connectivity index (χ3v) is 5.96. The molecule has 164 valence electrons. The molecule has 0 amide bonds. The predicted molar refractivity (Wildman–Crippen MR) is 111 cm³/mol. The quantitative estimate of drug-likeness (QED) is 0.173. The van der Waals surface area contributed by atoms with Gasteiger partial charge in [-0.15, -0.1) is 0 Å². The topological polar surface area (TPSA) is 169 Å². The van der Waals surface area contributed by atoms with Gasteiger partial charge in [-0.05, 0) is 5.56 Å². The molecule has 0 spiro atoms. The van der Waals surface area contributed by atoms with Crippen molar-refractivity contribution in [2.45, 2.75) is 35.3 Å². The van der Waals surface area contributed by atoms with Crippen LogP contribution < -0.4 is 5.32 Å². The largest absolute Gasteiger partial charge is 0.394 e. The standard InChI is InChI=1S/C18H20N6O6S/c1-19-18-21-15-12(20-8-23(15)17-14(27)13(26)11(6-25)30-17)16(22-18)31-7-9-2-4-10(5-3-9)24(28)29/h2-5,8,11,13-14,17,25-27H,6-7H2,1H3,(H,19,21,22)/t11-,13-,14-,17-/m1/s1. The number of nitrogens with zero attached hydrogens (tertiary/aromatic N) is 5. The fourth-order valence-electron chi connectivity index (χ4n) is 3.26. The number of anilines is 1. The number of nitro groups is 1. The highest BCUT2D eigenvalue weighted by molar-refractivity contribution is 7.98. The first-order valence-corrected chi connectivity index (χ1v) is 10.3. The Morgan fingerprint density at radius 2 is 2.00 bits per heavy atom. The van der Waals surface area contributed by atoms with Gasteiger partial charge in [-0.25, -0.2) is 9.97 Å². The van der Waals surface area contributed by atoms with Crippen molar-refractivity contribution >= 4 is 34.6 Å². The second-order valence-electron chi connectivity index (χ2n) is 6.87. The maximum absolute atomic E-state index is 10.8. The molecule has 1 aliphatic heterocycles. The fourth-order valence-corrected chi connectivity index (χ4v) is 4.19. The molecular weight excluding hydrogens is 428 g/mol. The predicted octanol–water partition coefficient (Wildman–Crippen LogP) is 0.680. The van der Waals surface area contributed by atoms with Crippen molar-refractivity contribution in [3.8, 4) is 0 Å². The number of nitrogens with one attached hydrogen (secondary N) is 1. The van der Waals surface area contributed by atoms with E-state index in [-0.39, 0.29) is 5.69 Å². The number of hydrogen-bond acceptors (Lipinski definition) is 11. The van der Waals surface area contributed by atoms with Gasteiger partial charge in [-0.1, -0.05) is 23.9 Å². The number of aromatic nitrogens is 4. The molecule has 0 saturated carbocycles. The first kappa shape index (κ1) is 21.4. The van der Waals surface area contributed by atoms with Crippen LogP contribution in [-0.4, -0.2) is 71.7 Å². The van der Waals surface area contributed by atoms with E-state index in [1.807, 2.05) is 0 Å². The van der Waals surface area contributed by atoms with Crippen LogP contribution in [0.1, 0.15) is 11.8 Å². The van der Waals surface area contributed by atoms with Gasteiger partial charge in [-0.2, -0.15) is 4.98 Å². The third kappa shape index (κ3) is 4.05. The van der Waals surface area contributed by atoms with Gasteiger partial charge in [0.15, 0.2) is 11.9 Å². The molecule has 3 aromatic rings. The van der Waals surface area contributed by atoms with Crippen LogP contribution in [-0.2, 0) is 10.5 Å². The number of rotatable bonds is 7. The second kappa shape index (κ2) is 8.72. The van der Waals surface area contributed by atoms with Gasteiger partial charge in [-0.3, -0.25) is 14.7 Å². The average Bonchev–Trinajstić information content (AvgIpc) is 3.33. The monoisotopic (exact) mass is 448 g/mol. The Morgan fingerprint density at radius 3 is 2.61 bits per heavy atom. The Bertz CT molecular complexity index is 1090. The number of fused-ring (bicyclic) bond motifs is 1. The molecule has 1 aromatic carbocycles. The summed E-state index contributed by atoms with van der Waals surface area (Å²) in [5.41, 5.74) is 1.76. The molecular formula is C18H20N6O6S. The molecule has 1 saturated heterocycles. The summed E-state index contributed by atoms with van der Waals surface area (Å²) in [6.45, 7) is -0.436. The number of aliphatic hydroxyl groups excluding tert-OH is 3. The molecule has 0 aliphatic carbocycles. The maximum atomic E-state index is 10.8. The molecule has 31 heavy (non-hydrogen) atoms. The molecule has 3 heterocycles. The summed E-state index contributed by atoms with van der Waals surface area (Å²) in [6.07, 6.45) is -2.95. The summed E-state index contributed by atoms with van der Waals surface area (Å²) in [4.78, 5) is 23.6. The summed E-state index contributed by atoms with van der Waals surface area (Å²) in [7, 11) is 1.67. The van der Waals surface area contributed by atoms with E-state index in [0.29, 0.717) is 27.9 Å². The van der Waals surface area contributed by atoms with Gasteiger partial charge in [0.1, 0.15) is 28.9 Å². The first-order valence-electron chi connectivity index (χ1n) is 9.33. The lowest BCUT2D eigenvalue weighted by Gasteiger charge is -2.16. The van der Waals surface area contributed by atoms with Crippen molar-refractivity contribution in [2.24, 2.45) is 0 Å². The summed E-state index contributed by atoms with van der Waals surface area (Å²) in [5.74, 6) is 0.820. The number of imidazole rings is 1. The Balaban J connectivity index is 1.63. The van der Waals surface area contributed by atoms with E-state index in [2.05, 4.69) is 20.3 Å². The molecule has 1 aliphatic rings. The molecule has 2 aromatic heterocycles. The minimum atomic E-state index is -1.27. The van der Waals surface area contributed by atoms with Crippen LogP contribution in [0.4, 0.5) is 11.6 Å². The van der Waals surface area contributed by atoms with Gasteiger partial charge in [0, 0.05) is 24.9 Å². The van der Waals surface area contributed by atoms with E-state index in [4.69, 9.17) is 4.74 Å². The van der Waals surface area contributed by atoms with E-state index in [0.717, 1.165) is 5.56 Å². The molecule has 12 nitrogen and oxygen atoms in total. The maximum Gasteiger partial charge on any atom is 0.269 e. The van der Waals surface area contributed by atoms with E-state index in [1.165, 1.54) is 34.8 Å². The lowest BCUT2D eigenvalue weighted by atomic mass is 10.1. The van der Waals surface area contributed by atoms with Gasteiger partial charge >= 0.3 is 0 Å². The smallest absolute Gasteiger partial charge is 0.269 e. The van der Waals surface area contributed by atoms with Gasteiger partial charge < -0.3 is 25.4 Å². The van der Waals surface area contributed by atoms with Crippen LogP contribution in [0.15, 0.2) is 35.6 Å². The van der Waals surface area contributed by atoms with E-state index >= 15 is 0 Å². The summed E-state index contributed by atoms with van der Waals surface area (Å²) < 4.78 is 7.09. The Morgan fingerprint density at radius 1 is 1.26 bits per heavy atom. The molecule has 4 rings (SSSR count). The lowest BCUT2D eigenvalue weighted by molar-refractivity contribution is -0.384. The van der Waals surface area contributed by atoms with E-state index < -0.39 is 36.1 Å². The molecule has 0 radical (unpaired) electrons. The van der Waals surface area contributed by atoms with Crippen molar-refractivity contribution in [3.63, 3.8) is 0 Å². The van der Waals surface area contributed by atoms with E-state index in [1.54, 1.807) is 19.2 Å². The van der Waals surface area contributed by atoms with Crippen molar-refractivity contribution in [3.05, 3.63) is 46.3 Å². The number of ether oxygens (including phenoxy) is 1. The number of thioether (sulfide) groups is 1. The minimum absolute atomic E-state index is 0.0212. The first-order chi connectivity index (χ1) is 14.9. The number of nitro benzene ring substituents is 1. The molecule has 0 bridgehead atoms. The highest BCUT2D eigenvalue weighted by atomic mass is 32.2. The Kier molecular flexibility index (Phi) is 6.02. The highest BCUT2D eigenvalue weighted by Crippen LogP contribution is 2.34. The third-order valence-electron chi connectivity index (χ3n) is 4.93. The Hall–Kier alpha value is -2.84. The zero-order valence-electron chi connectivity index (χ0n) is 16.3.